The minimum Gasteiger partial charge on any atom is -0.497 e. The average Bonchev–Trinajstić information content (AvgIpc) is 2.51. The molecule has 0 saturated heterocycles. The van der Waals surface area contributed by atoms with E-state index in [9.17, 15) is 13.9 Å². The van der Waals surface area contributed by atoms with Gasteiger partial charge in [-0.1, -0.05) is 24.3 Å². The van der Waals surface area contributed by atoms with Crippen LogP contribution in [0.3, 0.4) is 0 Å². The van der Waals surface area contributed by atoms with E-state index in [2.05, 4.69) is 0 Å². The van der Waals surface area contributed by atoms with Crippen LogP contribution in [0.25, 0.3) is 0 Å². The highest BCUT2D eigenvalue weighted by Gasteiger charge is 2.14. The molecule has 0 spiro atoms. The van der Waals surface area contributed by atoms with E-state index < -0.39 is 11.6 Å². The highest BCUT2D eigenvalue weighted by Crippen LogP contribution is 2.20. The molecule has 0 aliphatic rings. The van der Waals surface area contributed by atoms with Crippen LogP contribution in [0.5, 0.6) is 5.75 Å². The van der Waals surface area contributed by atoms with Crippen LogP contribution in [0, 0.1) is 17.6 Å². The Bertz CT molecular complexity index is 582. The van der Waals surface area contributed by atoms with Gasteiger partial charge in [0.1, 0.15) is 5.75 Å². The third-order valence-corrected chi connectivity index (χ3v) is 3.48. The quantitative estimate of drug-likeness (QED) is 0.884. The number of ether oxygens (including phenoxy) is 1. The maximum absolute atomic E-state index is 13.7. The number of hydrogen-bond acceptors (Lipinski definition) is 2. The second-order valence-corrected chi connectivity index (χ2v) is 5.02. The maximum atomic E-state index is 13.7. The number of benzene rings is 2. The summed E-state index contributed by atoms with van der Waals surface area (Å²) in [5.41, 5.74) is 1.31. The first-order valence-corrected chi connectivity index (χ1v) is 6.80. The SMILES string of the molecule is COc1ccc(CC(CO)Cc2cccc(F)c2F)cc1. The fourth-order valence-electron chi connectivity index (χ4n) is 2.31. The van der Waals surface area contributed by atoms with Crippen LogP contribution in [0.1, 0.15) is 11.1 Å². The number of aliphatic hydroxyl groups is 1. The van der Waals surface area contributed by atoms with Crippen molar-refractivity contribution >= 4 is 0 Å². The van der Waals surface area contributed by atoms with Crippen molar-refractivity contribution in [3.05, 3.63) is 65.2 Å². The van der Waals surface area contributed by atoms with Crippen LogP contribution in [-0.4, -0.2) is 18.8 Å². The molecule has 2 aromatic rings. The minimum atomic E-state index is -0.853. The van der Waals surface area contributed by atoms with Crippen LogP contribution in [0.2, 0.25) is 0 Å². The van der Waals surface area contributed by atoms with Crippen LogP contribution in [0.15, 0.2) is 42.5 Å². The van der Waals surface area contributed by atoms with Gasteiger partial charge in [0.05, 0.1) is 7.11 Å². The number of halogens is 2. The molecule has 0 aliphatic heterocycles. The zero-order valence-corrected chi connectivity index (χ0v) is 11.9. The van der Waals surface area contributed by atoms with Crippen molar-refractivity contribution in [2.75, 3.05) is 13.7 Å². The predicted octanol–water partition coefficient (Wildman–Crippen LogP) is 3.37. The molecule has 0 amide bonds. The standard InChI is InChI=1S/C17H18F2O2/c1-21-15-7-5-12(6-8-15)9-13(11-20)10-14-3-2-4-16(18)17(14)19/h2-8,13,20H,9-11H2,1H3. The summed E-state index contributed by atoms with van der Waals surface area (Å²) in [5, 5.41) is 9.47. The monoisotopic (exact) mass is 292 g/mol. The molecule has 4 heteroatoms. The van der Waals surface area contributed by atoms with Gasteiger partial charge in [0, 0.05) is 6.61 Å². The van der Waals surface area contributed by atoms with E-state index in [1.807, 2.05) is 24.3 Å². The average molecular weight is 292 g/mol. The summed E-state index contributed by atoms with van der Waals surface area (Å²) in [6, 6.07) is 11.6. The summed E-state index contributed by atoms with van der Waals surface area (Å²) < 4.78 is 31.9. The fraction of sp³-hybridized carbons (Fsp3) is 0.294. The van der Waals surface area contributed by atoms with Gasteiger partial charge in [-0.15, -0.1) is 0 Å². The van der Waals surface area contributed by atoms with E-state index in [4.69, 9.17) is 4.74 Å². The largest absolute Gasteiger partial charge is 0.497 e. The second kappa shape index (κ2) is 7.18. The van der Waals surface area contributed by atoms with E-state index in [1.165, 1.54) is 6.07 Å². The molecular formula is C17H18F2O2. The number of hydrogen-bond donors (Lipinski definition) is 1. The lowest BCUT2D eigenvalue weighted by atomic mass is 9.93. The molecule has 0 fully saturated rings. The van der Waals surface area contributed by atoms with Crippen LogP contribution in [0.4, 0.5) is 8.78 Å². The molecule has 2 aromatic carbocycles. The highest BCUT2D eigenvalue weighted by atomic mass is 19.2. The lowest BCUT2D eigenvalue weighted by Crippen LogP contribution is -2.14. The summed E-state index contributed by atoms with van der Waals surface area (Å²) in [6.07, 6.45) is 0.891. The summed E-state index contributed by atoms with van der Waals surface area (Å²) in [4.78, 5) is 0. The Morgan fingerprint density at radius 3 is 2.38 bits per heavy atom. The first kappa shape index (κ1) is 15.4. The van der Waals surface area contributed by atoms with Gasteiger partial charge >= 0.3 is 0 Å². The molecular weight excluding hydrogens is 274 g/mol. The first-order chi connectivity index (χ1) is 10.1. The van der Waals surface area contributed by atoms with E-state index in [-0.39, 0.29) is 12.5 Å². The molecule has 1 unspecified atom stereocenters. The molecule has 0 aliphatic carbocycles. The summed E-state index contributed by atoms with van der Waals surface area (Å²) in [7, 11) is 1.60. The number of aliphatic hydroxyl groups excluding tert-OH is 1. The Kier molecular flexibility index (Phi) is 5.28. The van der Waals surface area contributed by atoms with Gasteiger partial charge in [-0.2, -0.15) is 0 Å². The van der Waals surface area contributed by atoms with Gasteiger partial charge in [0.2, 0.25) is 0 Å². The van der Waals surface area contributed by atoms with Gasteiger partial charge in [0.15, 0.2) is 11.6 Å². The van der Waals surface area contributed by atoms with Gasteiger partial charge in [-0.3, -0.25) is 0 Å². The lowest BCUT2D eigenvalue weighted by molar-refractivity contribution is 0.223. The maximum Gasteiger partial charge on any atom is 0.162 e. The fourth-order valence-corrected chi connectivity index (χ4v) is 2.31. The summed E-state index contributed by atoms with van der Waals surface area (Å²) >= 11 is 0. The molecule has 1 N–H and O–H groups in total. The third kappa shape index (κ3) is 4.02. The van der Waals surface area contributed by atoms with E-state index >= 15 is 0 Å². The Balaban J connectivity index is 2.07. The van der Waals surface area contributed by atoms with Crippen LogP contribution in [-0.2, 0) is 12.8 Å². The van der Waals surface area contributed by atoms with E-state index in [1.54, 1.807) is 13.2 Å². The van der Waals surface area contributed by atoms with Crippen molar-refractivity contribution in [1.82, 2.24) is 0 Å². The van der Waals surface area contributed by atoms with Crippen molar-refractivity contribution in [3.63, 3.8) is 0 Å². The highest BCUT2D eigenvalue weighted by molar-refractivity contribution is 5.28. The van der Waals surface area contributed by atoms with Gasteiger partial charge in [-0.25, -0.2) is 8.78 Å². The van der Waals surface area contributed by atoms with E-state index in [0.29, 0.717) is 18.4 Å². The predicted molar refractivity (Wildman–Crippen MR) is 77.3 cm³/mol. The van der Waals surface area contributed by atoms with Crippen LogP contribution >= 0.6 is 0 Å². The van der Waals surface area contributed by atoms with E-state index in [0.717, 1.165) is 17.4 Å². The molecule has 0 radical (unpaired) electrons. The van der Waals surface area contributed by atoms with Crippen molar-refractivity contribution in [2.45, 2.75) is 12.8 Å². The molecule has 0 heterocycles. The Morgan fingerprint density at radius 2 is 1.76 bits per heavy atom. The lowest BCUT2D eigenvalue weighted by Gasteiger charge is -2.15. The van der Waals surface area contributed by atoms with Crippen molar-refractivity contribution < 1.29 is 18.6 Å². The Hall–Kier alpha value is -1.94. The first-order valence-electron chi connectivity index (χ1n) is 6.80. The second-order valence-electron chi connectivity index (χ2n) is 5.02. The smallest absolute Gasteiger partial charge is 0.162 e. The zero-order chi connectivity index (χ0) is 15.2. The third-order valence-electron chi connectivity index (χ3n) is 3.48. The number of rotatable bonds is 6. The Labute approximate surface area is 123 Å². The molecule has 2 nitrogen and oxygen atoms in total. The summed E-state index contributed by atoms with van der Waals surface area (Å²) in [5.74, 6) is -1.08. The van der Waals surface area contributed by atoms with Gasteiger partial charge < -0.3 is 9.84 Å². The van der Waals surface area contributed by atoms with Crippen molar-refractivity contribution in [1.29, 1.82) is 0 Å². The van der Waals surface area contributed by atoms with Crippen LogP contribution < -0.4 is 4.74 Å². The molecule has 112 valence electrons. The molecule has 2 rings (SSSR count). The Morgan fingerprint density at radius 1 is 1.05 bits per heavy atom. The molecule has 0 saturated carbocycles. The van der Waals surface area contributed by atoms with Crippen molar-refractivity contribution in [3.8, 4) is 5.75 Å². The molecule has 0 aromatic heterocycles. The van der Waals surface area contributed by atoms with Gasteiger partial charge in [0.25, 0.3) is 0 Å². The van der Waals surface area contributed by atoms with Gasteiger partial charge in [-0.05, 0) is 48.1 Å². The van der Waals surface area contributed by atoms with Crippen molar-refractivity contribution in [2.24, 2.45) is 5.92 Å². The number of methoxy groups -OCH3 is 1. The summed E-state index contributed by atoms with van der Waals surface area (Å²) in [6.45, 7) is -0.0814. The normalized spacial score (nSPS) is 12.2. The molecule has 21 heavy (non-hydrogen) atoms. The molecule has 1 atom stereocenters. The topological polar surface area (TPSA) is 29.5 Å². The minimum absolute atomic E-state index is 0.0814. The molecule has 0 bridgehead atoms. The zero-order valence-electron chi connectivity index (χ0n) is 11.9.